The molecule has 0 bridgehead atoms. The van der Waals surface area contributed by atoms with Crippen LogP contribution in [-0.2, 0) is 9.53 Å². The first-order valence-corrected chi connectivity index (χ1v) is 4.95. The normalized spacial score (nSPS) is 13.1. The smallest absolute Gasteiger partial charge is 0.302 e. The number of rotatable bonds is 3. The van der Waals surface area contributed by atoms with E-state index in [1.807, 2.05) is 24.3 Å². The first kappa shape index (κ1) is 10.5. The summed E-state index contributed by atoms with van der Waals surface area (Å²) in [6.07, 6.45) is 3.64. The highest BCUT2D eigenvalue weighted by Crippen LogP contribution is 2.32. The van der Waals surface area contributed by atoms with E-state index in [-0.39, 0.29) is 19.4 Å². The van der Waals surface area contributed by atoms with Crippen LogP contribution in [0.1, 0.15) is 12.5 Å². The fraction of sp³-hybridized carbons (Fsp3) is 0.250. The van der Waals surface area contributed by atoms with Crippen molar-refractivity contribution >= 4 is 12.0 Å². The van der Waals surface area contributed by atoms with Gasteiger partial charge in [-0.1, -0.05) is 12.1 Å². The summed E-state index contributed by atoms with van der Waals surface area (Å²) in [5, 5.41) is 0. The van der Waals surface area contributed by atoms with Gasteiger partial charge >= 0.3 is 5.97 Å². The molecule has 0 fully saturated rings. The van der Waals surface area contributed by atoms with Crippen molar-refractivity contribution < 1.29 is 19.0 Å². The maximum Gasteiger partial charge on any atom is 0.302 e. The second-order valence-corrected chi connectivity index (χ2v) is 3.32. The average molecular weight is 220 g/mol. The highest BCUT2D eigenvalue weighted by atomic mass is 16.7. The molecule has 0 amide bonds. The lowest BCUT2D eigenvalue weighted by Crippen LogP contribution is -1.97. The van der Waals surface area contributed by atoms with E-state index in [1.54, 1.807) is 6.08 Å². The fourth-order valence-electron chi connectivity index (χ4n) is 1.37. The lowest BCUT2D eigenvalue weighted by Gasteiger charge is -1.98. The highest BCUT2D eigenvalue weighted by Gasteiger charge is 2.11. The van der Waals surface area contributed by atoms with Crippen LogP contribution in [0.15, 0.2) is 24.3 Å². The van der Waals surface area contributed by atoms with Crippen LogP contribution in [0, 0.1) is 0 Å². The zero-order valence-electron chi connectivity index (χ0n) is 8.93. The predicted molar refractivity (Wildman–Crippen MR) is 58.2 cm³/mol. The van der Waals surface area contributed by atoms with Crippen molar-refractivity contribution in [1.29, 1.82) is 0 Å². The van der Waals surface area contributed by atoms with E-state index in [4.69, 9.17) is 14.2 Å². The topological polar surface area (TPSA) is 44.8 Å². The van der Waals surface area contributed by atoms with E-state index >= 15 is 0 Å². The van der Waals surface area contributed by atoms with E-state index < -0.39 is 0 Å². The monoisotopic (exact) mass is 220 g/mol. The number of carbonyl (C=O) groups excluding carboxylic acids is 1. The predicted octanol–water partition coefficient (Wildman–Crippen LogP) is 1.99. The molecule has 2 rings (SSSR count). The van der Waals surface area contributed by atoms with Gasteiger partial charge in [-0.2, -0.15) is 0 Å². The third kappa shape index (κ3) is 2.53. The first-order chi connectivity index (χ1) is 7.75. The lowest BCUT2D eigenvalue weighted by molar-refractivity contribution is -0.139. The second kappa shape index (κ2) is 4.70. The lowest BCUT2D eigenvalue weighted by atomic mass is 10.2. The average Bonchev–Trinajstić information content (AvgIpc) is 2.71. The maximum absolute atomic E-state index is 10.5. The minimum absolute atomic E-state index is 0.274. The molecule has 1 heterocycles. The molecule has 0 saturated heterocycles. The van der Waals surface area contributed by atoms with Gasteiger partial charge in [0.05, 0.1) is 0 Å². The van der Waals surface area contributed by atoms with Crippen LogP contribution in [0.2, 0.25) is 0 Å². The van der Waals surface area contributed by atoms with Crippen molar-refractivity contribution in [2.45, 2.75) is 6.92 Å². The minimum Gasteiger partial charge on any atom is -0.462 e. The largest absolute Gasteiger partial charge is 0.462 e. The zero-order valence-corrected chi connectivity index (χ0v) is 8.93. The Morgan fingerprint density at radius 3 is 3.06 bits per heavy atom. The minimum atomic E-state index is -0.282. The van der Waals surface area contributed by atoms with Gasteiger partial charge in [-0.05, 0) is 23.8 Å². The van der Waals surface area contributed by atoms with E-state index in [0.29, 0.717) is 0 Å². The number of fused-ring (bicyclic) bond motifs is 1. The molecular weight excluding hydrogens is 208 g/mol. The molecule has 0 atom stereocenters. The van der Waals surface area contributed by atoms with Gasteiger partial charge in [-0.15, -0.1) is 0 Å². The SMILES string of the molecule is CC(=O)OCC=Cc1ccc2c(c1)OCO2. The fourth-order valence-corrected chi connectivity index (χ4v) is 1.37. The summed E-state index contributed by atoms with van der Waals surface area (Å²) in [6.45, 7) is 1.94. The first-order valence-electron chi connectivity index (χ1n) is 4.95. The van der Waals surface area contributed by atoms with Crippen LogP contribution < -0.4 is 9.47 Å². The van der Waals surface area contributed by atoms with Crippen molar-refractivity contribution in [3.05, 3.63) is 29.8 Å². The van der Waals surface area contributed by atoms with Crippen LogP contribution in [0.25, 0.3) is 6.08 Å². The van der Waals surface area contributed by atoms with E-state index in [1.165, 1.54) is 6.92 Å². The Hall–Kier alpha value is -1.97. The second-order valence-electron chi connectivity index (χ2n) is 3.32. The summed E-state index contributed by atoms with van der Waals surface area (Å²) in [5.41, 5.74) is 0.983. The molecule has 1 aliphatic heterocycles. The number of ether oxygens (including phenoxy) is 3. The van der Waals surface area contributed by atoms with Crippen LogP contribution in [0.3, 0.4) is 0 Å². The molecule has 0 spiro atoms. The molecule has 0 N–H and O–H groups in total. The van der Waals surface area contributed by atoms with Crippen molar-refractivity contribution in [3.63, 3.8) is 0 Å². The van der Waals surface area contributed by atoms with Crippen molar-refractivity contribution in [1.82, 2.24) is 0 Å². The molecule has 1 aromatic carbocycles. The molecule has 84 valence electrons. The van der Waals surface area contributed by atoms with Gasteiger partial charge in [0, 0.05) is 6.92 Å². The van der Waals surface area contributed by atoms with Gasteiger partial charge < -0.3 is 14.2 Å². The Balaban J connectivity index is 1.97. The molecule has 0 aliphatic carbocycles. The molecule has 16 heavy (non-hydrogen) atoms. The van der Waals surface area contributed by atoms with Crippen molar-refractivity contribution in [2.24, 2.45) is 0 Å². The summed E-state index contributed by atoms with van der Waals surface area (Å²) < 4.78 is 15.2. The van der Waals surface area contributed by atoms with Crippen LogP contribution in [-0.4, -0.2) is 19.4 Å². The number of hydrogen-bond acceptors (Lipinski definition) is 4. The molecule has 0 aromatic heterocycles. The number of carbonyl (C=O) groups is 1. The van der Waals surface area contributed by atoms with E-state index in [9.17, 15) is 4.79 Å². The van der Waals surface area contributed by atoms with Gasteiger partial charge in [0.1, 0.15) is 6.61 Å². The van der Waals surface area contributed by atoms with Crippen LogP contribution in [0.5, 0.6) is 11.5 Å². The molecule has 1 aromatic rings. The molecule has 0 unspecified atom stereocenters. The molecule has 4 heteroatoms. The number of hydrogen-bond donors (Lipinski definition) is 0. The number of esters is 1. The summed E-state index contributed by atoms with van der Waals surface area (Å²) in [7, 11) is 0. The Morgan fingerprint density at radius 1 is 1.44 bits per heavy atom. The van der Waals surface area contributed by atoms with E-state index in [0.717, 1.165) is 17.1 Å². The van der Waals surface area contributed by atoms with E-state index in [2.05, 4.69) is 0 Å². The number of benzene rings is 1. The summed E-state index contributed by atoms with van der Waals surface area (Å²) in [5.74, 6) is 1.22. The Kier molecular flexibility index (Phi) is 3.10. The van der Waals surface area contributed by atoms with Gasteiger partial charge in [0.15, 0.2) is 11.5 Å². The standard InChI is InChI=1S/C12H12O4/c1-9(13)14-6-2-3-10-4-5-11-12(7-10)16-8-15-11/h2-5,7H,6,8H2,1H3. The Morgan fingerprint density at radius 2 is 2.25 bits per heavy atom. The molecular formula is C12H12O4. The molecule has 4 nitrogen and oxygen atoms in total. The molecule has 1 aliphatic rings. The van der Waals surface area contributed by atoms with Crippen LogP contribution in [0.4, 0.5) is 0 Å². The van der Waals surface area contributed by atoms with Gasteiger partial charge in [-0.3, -0.25) is 4.79 Å². The van der Waals surface area contributed by atoms with Gasteiger partial charge in [0.2, 0.25) is 6.79 Å². The quantitative estimate of drug-likeness (QED) is 0.731. The third-order valence-electron chi connectivity index (χ3n) is 2.09. The summed E-state index contributed by atoms with van der Waals surface area (Å²) in [6, 6.07) is 5.65. The zero-order chi connectivity index (χ0) is 11.4. The van der Waals surface area contributed by atoms with Crippen molar-refractivity contribution in [2.75, 3.05) is 13.4 Å². The van der Waals surface area contributed by atoms with Gasteiger partial charge in [-0.25, -0.2) is 0 Å². The van der Waals surface area contributed by atoms with Gasteiger partial charge in [0.25, 0.3) is 0 Å². The maximum atomic E-state index is 10.5. The third-order valence-corrected chi connectivity index (χ3v) is 2.09. The summed E-state index contributed by atoms with van der Waals surface area (Å²) in [4.78, 5) is 10.5. The Bertz CT molecular complexity index is 423. The molecule has 0 saturated carbocycles. The summed E-state index contributed by atoms with van der Waals surface area (Å²) >= 11 is 0. The highest BCUT2D eigenvalue weighted by molar-refractivity contribution is 5.66. The van der Waals surface area contributed by atoms with Crippen LogP contribution >= 0.6 is 0 Å². The Labute approximate surface area is 93.4 Å². The van der Waals surface area contributed by atoms with Crippen molar-refractivity contribution in [3.8, 4) is 11.5 Å². The molecule has 0 radical (unpaired) electrons.